The van der Waals surface area contributed by atoms with Gasteiger partial charge in [0.15, 0.2) is 5.65 Å². The first-order chi connectivity index (χ1) is 18.7. The zero-order valence-corrected chi connectivity index (χ0v) is 23.5. The number of carbonyl (C=O) groups is 1. The van der Waals surface area contributed by atoms with Crippen molar-refractivity contribution >= 4 is 22.6 Å². The van der Waals surface area contributed by atoms with Crippen molar-refractivity contribution in [1.29, 1.82) is 0 Å². The van der Waals surface area contributed by atoms with Crippen LogP contribution in [0.3, 0.4) is 0 Å². The van der Waals surface area contributed by atoms with Crippen molar-refractivity contribution in [2.24, 2.45) is 18.4 Å². The molecule has 208 valence electrons. The molecule has 0 aromatic carbocycles. The number of anilines is 1. The molecule has 0 saturated heterocycles. The Kier molecular flexibility index (Phi) is 5.81. The van der Waals surface area contributed by atoms with Gasteiger partial charge >= 0.3 is 0 Å². The molecule has 9 heteroatoms. The van der Waals surface area contributed by atoms with Crippen LogP contribution in [0.4, 0.5) is 5.69 Å². The summed E-state index contributed by atoms with van der Waals surface area (Å²) in [5.74, 6) is 0.557. The molecule has 4 heterocycles. The summed E-state index contributed by atoms with van der Waals surface area (Å²) in [6.07, 6.45) is 11.6. The number of hydrogen-bond acceptors (Lipinski definition) is 6. The lowest BCUT2D eigenvalue weighted by molar-refractivity contribution is -0.128. The summed E-state index contributed by atoms with van der Waals surface area (Å²) in [4.78, 5) is 19.9. The molecule has 4 fully saturated rings. The fourth-order valence-corrected chi connectivity index (χ4v) is 7.96. The van der Waals surface area contributed by atoms with E-state index >= 15 is 0 Å². The number of aliphatic hydroxyl groups excluding tert-OH is 1. The Balaban J connectivity index is 1.04. The number of nitrogens with zero attached hydrogens (tertiary/aromatic N) is 6. The van der Waals surface area contributed by atoms with Gasteiger partial charge in [-0.2, -0.15) is 10.2 Å². The second-order valence-electron chi connectivity index (χ2n) is 13.2. The first kappa shape index (κ1) is 25.1. The largest absolute Gasteiger partial charge is 0.393 e. The van der Waals surface area contributed by atoms with E-state index in [2.05, 4.69) is 39.9 Å². The van der Waals surface area contributed by atoms with Gasteiger partial charge in [0.05, 0.1) is 29.1 Å². The molecule has 1 aliphatic heterocycles. The number of amides is 1. The molecule has 0 atom stereocenters. The number of aliphatic hydroxyl groups is 1. The molecule has 2 bridgehead atoms. The van der Waals surface area contributed by atoms with Gasteiger partial charge in [-0.15, -0.1) is 0 Å². The first-order valence-corrected chi connectivity index (χ1v) is 14.8. The van der Waals surface area contributed by atoms with Crippen molar-refractivity contribution in [3.63, 3.8) is 0 Å². The maximum absolute atomic E-state index is 12.7. The Morgan fingerprint density at radius 3 is 2.62 bits per heavy atom. The fourth-order valence-electron chi connectivity index (χ4n) is 7.96. The average Bonchev–Trinajstić information content (AvgIpc) is 3.42. The molecule has 0 unspecified atom stereocenters. The molecular weight excluding hydrogens is 490 g/mol. The van der Waals surface area contributed by atoms with Gasteiger partial charge in [0, 0.05) is 62.0 Å². The predicted octanol–water partition coefficient (Wildman–Crippen LogP) is 3.71. The van der Waals surface area contributed by atoms with E-state index in [1.165, 1.54) is 16.9 Å². The molecule has 0 spiro atoms. The van der Waals surface area contributed by atoms with Gasteiger partial charge in [0.1, 0.15) is 0 Å². The summed E-state index contributed by atoms with van der Waals surface area (Å²) >= 11 is 0. The lowest BCUT2D eigenvalue weighted by atomic mass is 9.57. The molecule has 8 rings (SSSR count). The molecule has 1 amide bonds. The van der Waals surface area contributed by atoms with E-state index in [1.54, 1.807) is 0 Å². The summed E-state index contributed by atoms with van der Waals surface area (Å²) in [6, 6.07) is 2.19. The number of rotatable bonds is 6. The number of pyridine rings is 1. The van der Waals surface area contributed by atoms with Crippen LogP contribution in [-0.2, 0) is 31.4 Å². The molecule has 3 aromatic rings. The summed E-state index contributed by atoms with van der Waals surface area (Å²) in [7, 11) is 1.95. The molecule has 3 aromatic heterocycles. The second kappa shape index (κ2) is 9.04. The topological polar surface area (TPSA) is 101 Å². The third kappa shape index (κ3) is 4.33. The Morgan fingerprint density at radius 2 is 1.90 bits per heavy atom. The Bertz CT molecular complexity index is 1410. The molecule has 4 aliphatic carbocycles. The van der Waals surface area contributed by atoms with Gasteiger partial charge in [0.2, 0.25) is 5.91 Å². The molecule has 2 N–H and O–H groups in total. The zero-order chi connectivity index (χ0) is 26.9. The number of carbonyl (C=O) groups excluding carboxylic acids is 1. The van der Waals surface area contributed by atoms with Crippen LogP contribution in [0.5, 0.6) is 0 Å². The molecule has 4 saturated carbocycles. The highest BCUT2D eigenvalue weighted by molar-refractivity contribution is 5.89. The van der Waals surface area contributed by atoms with E-state index in [0.717, 1.165) is 99.8 Å². The minimum absolute atomic E-state index is 0.0124. The van der Waals surface area contributed by atoms with Crippen LogP contribution >= 0.6 is 0 Å². The van der Waals surface area contributed by atoms with Crippen molar-refractivity contribution < 1.29 is 9.90 Å². The van der Waals surface area contributed by atoms with E-state index < -0.39 is 0 Å². The summed E-state index contributed by atoms with van der Waals surface area (Å²) in [6.45, 7) is 7.05. The molecule has 5 aliphatic rings. The van der Waals surface area contributed by atoms with Crippen molar-refractivity contribution in [2.75, 3.05) is 11.4 Å². The van der Waals surface area contributed by atoms with E-state index in [9.17, 15) is 9.90 Å². The van der Waals surface area contributed by atoms with Crippen molar-refractivity contribution in [1.82, 2.24) is 29.9 Å². The number of aryl methyl sites for hydroxylation is 3. The SMILES string of the molecule is Cc1cc(N2CCc3c(c(C)nn3CC34CCC(NC(=O)CC5CC(O)C5)(CC3)CC4)C2)c2cnn(C)c2n1. The quantitative estimate of drug-likeness (QED) is 0.503. The Hall–Kier alpha value is -2.94. The van der Waals surface area contributed by atoms with Gasteiger partial charge in [0.25, 0.3) is 0 Å². The average molecular weight is 532 g/mol. The fraction of sp³-hybridized carbons (Fsp3) is 0.667. The monoisotopic (exact) mass is 531 g/mol. The van der Waals surface area contributed by atoms with Crippen molar-refractivity contribution in [2.45, 2.75) is 103 Å². The van der Waals surface area contributed by atoms with Gasteiger partial charge in [-0.05, 0) is 82.6 Å². The Labute approximate surface area is 230 Å². The van der Waals surface area contributed by atoms with Gasteiger partial charge < -0.3 is 15.3 Å². The smallest absolute Gasteiger partial charge is 0.220 e. The van der Waals surface area contributed by atoms with E-state index in [4.69, 9.17) is 10.1 Å². The molecule has 39 heavy (non-hydrogen) atoms. The van der Waals surface area contributed by atoms with Crippen LogP contribution < -0.4 is 10.2 Å². The number of hydrogen-bond donors (Lipinski definition) is 2. The zero-order valence-electron chi connectivity index (χ0n) is 23.5. The normalized spacial score (nSPS) is 29.9. The molecule has 9 nitrogen and oxygen atoms in total. The highest BCUT2D eigenvalue weighted by Gasteiger charge is 2.50. The van der Waals surface area contributed by atoms with Crippen LogP contribution in [0.15, 0.2) is 12.3 Å². The summed E-state index contributed by atoms with van der Waals surface area (Å²) < 4.78 is 4.20. The standard InChI is InChI=1S/C30H41N7O2/c1-19-12-26(23-16-31-35(3)28(23)32-19)36-11-4-25-24(17-36)20(2)34-37(25)18-29-5-8-30(9-6-29,10-7-29)33-27(39)15-21-13-22(38)14-21/h12,16,21-22,38H,4-11,13-15,17-18H2,1-3H3,(H,33,39). The van der Waals surface area contributed by atoms with Gasteiger partial charge in [-0.25, -0.2) is 4.98 Å². The van der Waals surface area contributed by atoms with Crippen LogP contribution in [-0.4, -0.2) is 53.7 Å². The third-order valence-corrected chi connectivity index (χ3v) is 10.5. The summed E-state index contributed by atoms with van der Waals surface area (Å²) in [5, 5.41) is 23.7. The van der Waals surface area contributed by atoms with Crippen LogP contribution in [0.2, 0.25) is 0 Å². The number of nitrogens with one attached hydrogen (secondary N) is 1. The molecular formula is C30H41N7O2. The lowest BCUT2D eigenvalue weighted by Crippen LogP contribution is -2.57. The lowest BCUT2D eigenvalue weighted by Gasteiger charge is -2.54. The first-order valence-electron chi connectivity index (χ1n) is 14.8. The van der Waals surface area contributed by atoms with Crippen LogP contribution in [0, 0.1) is 25.2 Å². The second-order valence-corrected chi connectivity index (χ2v) is 13.2. The van der Waals surface area contributed by atoms with Gasteiger partial charge in [-0.3, -0.25) is 14.2 Å². The van der Waals surface area contributed by atoms with Gasteiger partial charge in [-0.1, -0.05) is 0 Å². The van der Waals surface area contributed by atoms with Crippen LogP contribution in [0.1, 0.15) is 80.4 Å². The predicted molar refractivity (Wildman–Crippen MR) is 149 cm³/mol. The minimum atomic E-state index is -0.192. The van der Waals surface area contributed by atoms with E-state index in [0.29, 0.717) is 12.3 Å². The van der Waals surface area contributed by atoms with Crippen molar-refractivity contribution in [3.8, 4) is 0 Å². The minimum Gasteiger partial charge on any atom is -0.393 e. The highest BCUT2D eigenvalue weighted by atomic mass is 16.3. The van der Waals surface area contributed by atoms with Crippen LogP contribution in [0.25, 0.3) is 11.0 Å². The third-order valence-electron chi connectivity index (χ3n) is 10.5. The van der Waals surface area contributed by atoms with E-state index in [-0.39, 0.29) is 23.0 Å². The maximum atomic E-state index is 12.7. The Morgan fingerprint density at radius 1 is 1.15 bits per heavy atom. The highest BCUT2D eigenvalue weighted by Crippen LogP contribution is 2.53. The number of aromatic nitrogens is 5. The van der Waals surface area contributed by atoms with Crippen molar-refractivity contribution in [3.05, 3.63) is 34.9 Å². The number of fused-ring (bicyclic) bond motifs is 5. The summed E-state index contributed by atoms with van der Waals surface area (Å²) in [5.41, 5.74) is 7.37. The van der Waals surface area contributed by atoms with E-state index in [1.807, 2.05) is 17.9 Å². The maximum Gasteiger partial charge on any atom is 0.220 e. The molecule has 0 radical (unpaired) electrons.